The molecule has 1 aromatic rings. The molecule has 19 heavy (non-hydrogen) atoms. The number of nitriles is 1. The summed E-state index contributed by atoms with van der Waals surface area (Å²) in [5.74, 6) is -0.585. The third kappa shape index (κ3) is 5.00. The average molecular weight is 258 g/mol. The topological polar surface area (TPSA) is 94.3 Å². The number of anilines is 1. The van der Waals surface area contributed by atoms with Gasteiger partial charge in [-0.05, 0) is 24.6 Å². The number of rotatable bonds is 4. The second-order valence-electron chi connectivity index (χ2n) is 3.83. The Morgan fingerprint density at radius 3 is 2.42 bits per heavy atom. The summed E-state index contributed by atoms with van der Waals surface area (Å²) in [5, 5.41) is 14.9. The van der Waals surface area contributed by atoms with Crippen LogP contribution in [0.15, 0.2) is 29.4 Å². The number of nitrogens with zero attached hydrogens (tertiary/aromatic N) is 2. The molecule has 0 aliphatic heterocycles. The van der Waals surface area contributed by atoms with Crippen molar-refractivity contribution >= 4 is 23.2 Å². The van der Waals surface area contributed by atoms with Gasteiger partial charge in [0, 0.05) is 12.6 Å². The predicted octanol–water partition coefficient (Wildman–Crippen LogP) is 1.40. The van der Waals surface area contributed by atoms with Crippen molar-refractivity contribution in [3.8, 4) is 6.07 Å². The maximum absolute atomic E-state index is 11.1. The summed E-state index contributed by atoms with van der Waals surface area (Å²) in [4.78, 5) is 21.9. The Balaban J connectivity index is 2.69. The lowest BCUT2D eigenvalue weighted by molar-refractivity contribution is -0.120. The molecule has 1 rings (SSSR count). The lowest BCUT2D eigenvalue weighted by atomic mass is 10.1. The van der Waals surface area contributed by atoms with Crippen molar-refractivity contribution in [2.75, 3.05) is 5.32 Å². The van der Waals surface area contributed by atoms with Crippen LogP contribution in [0.4, 0.5) is 5.69 Å². The van der Waals surface area contributed by atoms with Crippen molar-refractivity contribution in [1.29, 1.82) is 5.26 Å². The summed E-state index contributed by atoms with van der Waals surface area (Å²) in [7, 11) is 0. The van der Waals surface area contributed by atoms with Crippen LogP contribution in [-0.4, -0.2) is 17.5 Å². The van der Waals surface area contributed by atoms with Crippen LogP contribution in [0.3, 0.4) is 0 Å². The van der Waals surface area contributed by atoms with E-state index >= 15 is 0 Å². The molecule has 98 valence electrons. The van der Waals surface area contributed by atoms with Crippen LogP contribution in [0.2, 0.25) is 0 Å². The number of carbonyl (C=O) groups is 2. The van der Waals surface area contributed by atoms with E-state index in [1.807, 2.05) is 0 Å². The van der Waals surface area contributed by atoms with Crippen molar-refractivity contribution in [2.24, 2.45) is 5.10 Å². The average Bonchev–Trinajstić information content (AvgIpc) is 2.36. The molecule has 0 spiro atoms. The minimum Gasteiger partial charge on any atom is -0.326 e. The van der Waals surface area contributed by atoms with Crippen LogP contribution in [-0.2, 0) is 9.59 Å². The van der Waals surface area contributed by atoms with E-state index in [2.05, 4.69) is 15.8 Å². The van der Waals surface area contributed by atoms with E-state index in [4.69, 9.17) is 5.26 Å². The highest BCUT2D eigenvalue weighted by Gasteiger charge is 2.01. The zero-order valence-electron chi connectivity index (χ0n) is 10.7. The second-order valence-corrected chi connectivity index (χ2v) is 3.83. The fraction of sp³-hybridized carbons (Fsp3) is 0.231. The molecule has 0 aliphatic rings. The van der Waals surface area contributed by atoms with Gasteiger partial charge in [-0.1, -0.05) is 12.1 Å². The normalized spacial score (nSPS) is 10.5. The standard InChI is InChI=1S/C13H14N4O2/c1-9(16-17-13(19)7-8-14)11-3-5-12(6-4-11)15-10(2)18/h3-6H,7H2,1-2H3,(H,15,18)(H,17,19)/b16-9-. The molecule has 0 radical (unpaired) electrons. The third-order valence-electron chi connectivity index (χ3n) is 2.21. The molecule has 0 heterocycles. The lowest BCUT2D eigenvalue weighted by Gasteiger charge is -2.04. The highest BCUT2D eigenvalue weighted by atomic mass is 16.2. The number of carbonyl (C=O) groups excluding carboxylic acids is 2. The molecule has 2 amide bonds. The van der Waals surface area contributed by atoms with Crippen LogP contribution in [0.5, 0.6) is 0 Å². The first kappa shape index (κ1) is 14.4. The Morgan fingerprint density at radius 1 is 1.26 bits per heavy atom. The van der Waals surface area contributed by atoms with Gasteiger partial charge in [-0.2, -0.15) is 10.4 Å². The third-order valence-corrected chi connectivity index (χ3v) is 2.21. The maximum atomic E-state index is 11.1. The number of hydrazone groups is 1. The first-order valence-corrected chi connectivity index (χ1v) is 5.61. The van der Waals surface area contributed by atoms with E-state index in [1.165, 1.54) is 6.92 Å². The molecule has 0 saturated carbocycles. The molecule has 6 heteroatoms. The van der Waals surface area contributed by atoms with Gasteiger partial charge in [-0.15, -0.1) is 0 Å². The van der Waals surface area contributed by atoms with Gasteiger partial charge in [0.1, 0.15) is 6.42 Å². The molecule has 6 nitrogen and oxygen atoms in total. The van der Waals surface area contributed by atoms with E-state index in [0.29, 0.717) is 11.4 Å². The van der Waals surface area contributed by atoms with Crippen molar-refractivity contribution in [1.82, 2.24) is 5.43 Å². The first-order chi connectivity index (χ1) is 9.02. The van der Waals surface area contributed by atoms with E-state index in [9.17, 15) is 9.59 Å². The van der Waals surface area contributed by atoms with Gasteiger partial charge >= 0.3 is 0 Å². The van der Waals surface area contributed by atoms with Crippen LogP contribution in [0, 0.1) is 11.3 Å². The van der Waals surface area contributed by atoms with Gasteiger partial charge in [-0.3, -0.25) is 9.59 Å². The summed E-state index contributed by atoms with van der Waals surface area (Å²) in [6, 6.07) is 8.78. The van der Waals surface area contributed by atoms with Crippen LogP contribution in [0.25, 0.3) is 0 Å². The smallest absolute Gasteiger partial charge is 0.254 e. The monoisotopic (exact) mass is 258 g/mol. The van der Waals surface area contributed by atoms with Crippen molar-refractivity contribution in [3.63, 3.8) is 0 Å². The largest absolute Gasteiger partial charge is 0.326 e. The summed E-state index contributed by atoms with van der Waals surface area (Å²) in [6.45, 7) is 3.17. The Morgan fingerprint density at radius 2 is 1.89 bits per heavy atom. The molecule has 0 bridgehead atoms. The molecule has 2 N–H and O–H groups in total. The SMILES string of the molecule is CC(=O)Nc1ccc(/C(C)=N\NC(=O)CC#N)cc1. The number of hydrogen-bond acceptors (Lipinski definition) is 4. The fourth-order valence-corrected chi connectivity index (χ4v) is 1.32. The zero-order valence-corrected chi connectivity index (χ0v) is 10.7. The molecule has 0 aromatic heterocycles. The Kier molecular flexibility index (Phi) is 5.23. The van der Waals surface area contributed by atoms with E-state index in [1.54, 1.807) is 37.3 Å². The minimum absolute atomic E-state index is 0.137. The zero-order chi connectivity index (χ0) is 14.3. The number of hydrogen-bond donors (Lipinski definition) is 2. The highest BCUT2D eigenvalue weighted by molar-refractivity contribution is 6.00. The van der Waals surface area contributed by atoms with Gasteiger partial charge in [0.05, 0.1) is 11.8 Å². The number of amides is 2. The molecular weight excluding hydrogens is 244 g/mol. The number of nitrogens with one attached hydrogen (secondary N) is 2. The first-order valence-electron chi connectivity index (χ1n) is 5.61. The van der Waals surface area contributed by atoms with Crippen molar-refractivity contribution < 1.29 is 9.59 Å². The Labute approximate surface area is 111 Å². The summed E-state index contributed by atoms with van der Waals surface area (Å²) in [6.07, 6.45) is -0.224. The van der Waals surface area contributed by atoms with Crippen molar-refractivity contribution in [2.45, 2.75) is 20.3 Å². The maximum Gasteiger partial charge on any atom is 0.254 e. The summed E-state index contributed by atoms with van der Waals surface area (Å²) in [5.41, 5.74) is 4.40. The Hall–Kier alpha value is -2.68. The summed E-state index contributed by atoms with van der Waals surface area (Å²) < 4.78 is 0. The second kappa shape index (κ2) is 6.91. The quantitative estimate of drug-likeness (QED) is 0.631. The van der Waals surface area contributed by atoms with E-state index in [0.717, 1.165) is 5.56 Å². The van der Waals surface area contributed by atoms with Crippen LogP contribution < -0.4 is 10.7 Å². The van der Waals surface area contributed by atoms with E-state index < -0.39 is 5.91 Å². The van der Waals surface area contributed by atoms with E-state index in [-0.39, 0.29) is 12.3 Å². The van der Waals surface area contributed by atoms with Gasteiger partial charge < -0.3 is 5.32 Å². The van der Waals surface area contributed by atoms with Crippen molar-refractivity contribution in [3.05, 3.63) is 29.8 Å². The fourth-order valence-electron chi connectivity index (χ4n) is 1.32. The lowest BCUT2D eigenvalue weighted by Crippen LogP contribution is -2.18. The molecule has 0 atom stereocenters. The minimum atomic E-state index is -0.447. The molecule has 0 fully saturated rings. The highest BCUT2D eigenvalue weighted by Crippen LogP contribution is 2.10. The Bertz CT molecular complexity index is 541. The van der Waals surface area contributed by atoms with Gasteiger partial charge in [-0.25, -0.2) is 5.43 Å². The number of benzene rings is 1. The molecular formula is C13H14N4O2. The van der Waals surface area contributed by atoms with Gasteiger partial charge in [0.25, 0.3) is 5.91 Å². The molecule has 0 aliphatic carbocycles. The summed E-state index contributed by atoms with van der Waals surface area (Å²) >= 11 is 0. The predicted molar refractivity (Wildman–Crippen MR) is 71.3 cm³/mol. The van der Waals surface area contributed by atoms with Crippen LogP contribution >= 0.6 is 0 Å². The van der Waals surface area contributed by atoms with Gasteiger partial charge in [0.15, 0.2) is 0 Å². The molecule has 0 unspecified atom stereocenters. The molecule has 1 aromatic carbocycles. The van der Waals surface area contributed by atoms with Gasteiger partial charge in [0.2, 0.25) is 5.91 Å². The molecule has 0 saturated heterocycles. The van der Waals surface area contributed by atoms with Crippen LogP contribution in [0.1, 0.15) is 25.8 Å².